The highest BCUT2D eigenvalue weighted by Crippen LogP contribution is 2.39. The average Bonchev–Trinajstić information content (AvgIpc) is 2.63. The average molecular weight is 335 g/mol. The van der Waals surface area contributed by atoms with Crippen LogP contribution in [0.4, 0.5) is 0 Å². The normalized spacial score (nSPS) is 16.4. The van der Waals surface area contributed by atoms with Crippen molar-refractivity contribution in [3.8, 4) is 5.75 Å². The van der Waals surface area contributed by atoms with E-state index in [1.807, 2.05) is 31.3 Å². The van der Waals surface area contributed by atoms with E-state index in [0.29, 0.717) is 11.8 Å². The van der Waals surface area contributed by atoms with Crippen LogP contribution in [0.25, 0.3) is 0 Å². The first-order valence-electron chi connectivity index (χ1n) is 9.42. The fourth-order valence-corrected chi connectivity index (χ4v) is 3.80. The molecule has 0 saturated heterocycles. The molecule has 3 rings (SSSR count). The number of rotatable bonds is 4. The van der Waals surface area contributed by atoms with Gasteiger partial charge in [0.05, 0.1) is 0 Å². The van der Waals surface area contributed by atoms with Crippen LogP contribution < -0.4 is 0 Å². The lowest BCUT2D eigenvalue weighted by Crippen LogP contribution is -2.19. The Morgan fingerprint density at radius 2 is 1.68 bits per heavy atom. The molecule has 1 aliphatic carbocycles. The highest BCUT2D eigenvalue weighted by molar-refractivity contribution is 5.86. The monoisotopic (exact) mass is 335 g/mol. The van der Waals surface area contributed by atoms with Crippen LogP contribution in [0.3, 0.4) is 0 Å². The van der Waals surface area contributed by atoms with E-state index in [4.69, 9.17) is 4.99 Å². The van der Waals surface area contributed by atoms with Gasteiger partial charge in [-0.25, -0.2) is 0 Å². The van der Waals surface area contributed by atoms with Crippen LogP contribution in [0, 0.1) is 6.92 Å². The second-order valence-corrected chi connectivity index (χ2v) is 7.75. The maximum Gasteiger partial charge on any atom is 0.128 e. The van der Waals surface area contributed by atoms with Gasteiger partial charge in [0.1, 0.15) is 5.75 Å². The molecule has 0 amide bonds. The molecule has 0 unspecified atom stereocenters. The van der Waals surface area contributed by atoms with Crippen LogP contribution in [0.15, 0.2) is 47.5 Å². The first-order valence-corrected chi connectivity index (χ1v) is 9.42. The van der Waals surface area contributed by atoms with Crippen LogP contribution in [0.1, 0.15) is 68.2 Å². The summed E-state index contributed by atoms with van der Waals surface area (Å²) in [5.74, 6) is 0.369. The van der Waals surface area contributed by atoms with Gasteiger partial charge in [0.15, 0.2) is 0 Å². The molecule has 2 heteroatoms. The lowest BCUT2D eigenvalue weighted by molar-refractivity contribution is 0.443. The van der Waals surface area contributed by atoms with Crippen molar-refractivity contribution in [1.29, 1.82) is 0 Å². The molecular formula is C23H29NO. The Morgan fingerprint density at radius 1 is 1.00 bits per heavy atom. The molecule has 132 valence electrons. The molecule has 0 heterocycles. The Morgan fingerprint density at radius 3 is 2.36 bits per heavy atom. The zero-order chi connectivity index (χ0) is 17.9. The van der Waals surface area contributed by atoms with E-state index in [1.54, 1.807) is 0 Å². The van der Waals surface area contributed by atoms with Crippen LogP contribution in [0.2, 0.25) is 0 Å². The van der Waals surface area contributed by atoms with Crippen molar-refractivity contribution in [3.63, 3.8) is 0 Å². The van der Waals surface area contributed by atoms with Gasteiger partial charge in [-0.3, -0.25) is 4.99 Å². The summed E-state index contributed by atoms with van der Waals surface area (Å²) in [6, 6.07) is 14.9. The second kappa shape index (κ2) is 7.43. The van der Waals surface area contributed by atoms with Gasteiger partial charge in [0, 0.05) is 28.8 Å². The van der Waals surface area contributed by atoms with Crippen molar-refractivity contribution in [2.75, 3.05) is 0 Å². The smallest absolute Gasteiger partial charge is 0.128 e. The van der Waals surface area contributed by atoms with E-state index < -0.39 is 0 Å². The Balaban J connectivity index is 1.95. The largest absolute Gasteiger partial charge is 0.507 e. The van der Waals surface area contributed by atoms with Crippen LogP contribution in [0.5, 0.6) is 5.75 Å². The number of benzene rings is 2. The Kier molecular flexibility index (Phi) is 5.27. The lowest BCUT2D eigenvalue weighted by atomic mass is 9.76. The van der Waals surface area contributed by atoms with Gasteiger partial charge in [-0.15, -0.1) is 0 Å². The molecule has 0 spiro atoms. The molecule has 0 aromatic heterocycles. The molecule has 0 atom stereocenters. The summed E-state index contributed by atoms with van der Waals surface area (Å²) in [6.07, 6.45) is 8.13. The number of phenols is 1. The molecule has 25 heavy (non-hydrogen) atoms. The number of hydrogen-bond donors (Lipinski definition) is 1. The molecule has 0 radical (unpaired) electrons. The van der Waals surface area contributed by atoms with Crippen molar-refractivity contribution in [2.24, 2.45) is 4.99 Å². The van der Waals surface area contributed by atoms with E-state index in [9.17, 15) is 5.11 Å². The van der Waals surface area contributed by atoms with Gasteiger partial charge < -0.3 is 5.11 Å². The Labute approximate surface area is 151 Å². The molecule has 1 saturated carbocycles. The lowest BCUT2D eigenvalue weighted by Gasteiger charge is -2.28. The van der Waals surface area contributed by atoms with Gasteiger partial charge in [-0.2, -0.15) is 0 Å². The van der Waals surface area contributed by atoms with E-state index >= 15 is 0 Å². The predicted octanol–water partition coefficient (Wildman–Crippen LogP) is 5.78. The molecule has 2 nitrogen and oxygen atoms in total. The zero-order valence-corrected chi connectivity index (χ0v) is 15.6. The van der Waals surface area contributed by atoms with Crippen LogP contribution >= 0.6 is 0 Å². The third kappa shape index (κ3) is 3.78. The van der Waals surface area contributed by atoms with E-state index in [1.165, 1.54) is 37.7 Å². The summed E-state index contributed by atoms with van der Waals surface area (Å²) in [4.78, 5) is 4.79. The second-order valence-electron chi connectivity index (χ2n) is 7.75. The molecule has 2 aromatic rings. The number of aliphatic imine (C=N–C) groups is 1. The summed E-state index contributed by atoms with van der Waals surface area (Å²) < 4.78 is 0. The van der Waals surface area contributed by atoms with Gasteiger partial charge in [0.2, 0.25) is 0 Å². The summed E-state index contributed by atoms with van der Waals surface area (Å²) >= 11 is 0. The molecule has 2 aromatic carbocycles. The molecule has 1 fully saturated rings. The molecule has 0 aliphatic heterocycles. The predicted molar refractivity (Wildman–Crippen MR) is 106 cm³/mol. The molecule has 1 aliphatic rings. The summed E-state index contributed by atoms with van der Waals surface area (Å²) in [6.45, 7) is 6.37. The number of phenolic OH excluding ortho intramolecular Hbond substituents is 1. The van der Waals surface area contributed by atoms with Crippen molar-refractivity contribution in [2.45, 2.75) is 64.3 Å². The zero-order valence-electron chi connectivity index (χ0n) is 15.6. The summed E-state index contributed by atoms with van der Waals surface area (Å²) in [5.41, 5.74) is 3.84. The number of hydrogen-bond acceptors (Lipinski definition) is 2. The summed E-state index contributed by atoms with van der Waals surface area (Å²) in [7, 11) is 0. The number of nitrogens with zero attached hydrogens (tertiary/aromatic N) is 1. The third-order valence-electron chi connectivity index (χ3n) is 5.59. The quantitative estimate of drug-likeness (QED) is 0.706. The van der Waals surface area contributed by atoms with Crippen molar-refractivity contribution >= 4 is 6.21 Å². The first kappa shape index (κ1) is 17.7. The minimum absolute atomic E-state index is 0.257. The van der Waals surface area contributed by atoms with Crippen molar-refractivity contribution in [1.82, 2.24) is 0 Å². The van der Waals surface area contributed by atoms with Gasteiger partial charge in [0.25, 0.3) is 0 Å². The van der Waals surface area contributed by atoms with Gasteiger partial charge >= 0.3 is 0 Å². The highest BCUT2D eigenvalue weighted by atomic mass is 16.3. The number of aryl methyl sites for hydroxylation is 1. The van der Waals surface area contributed by atoms with E-state index in [-0.39, 0.29) is 5.41 Å². The minimum atomic E-state index is -0.257. The van der Waals surface area contributed by atoms with E-state index in [0.717, 1.165) is 16.7 Å². The standard InChI is InChI=1S/C23H29NO/c1-17-14-15-21(23(2,3)18-10-6-4-7-11-18)22(25)20(17)16-24-19-12-8-5-9-13-19/h4,6-7,10-11,14-16,19,25H,5,8-9,12-13H2,1-3H3. The first-order chi connectivity index (χ1) is 12.0. The maximum absolute atomic E-state index is 11.0. The molecular weight excluding hydrogens is 306 g/mol. The minimum Gasteiger partial charge on any atom is -0.507 e. The van der Waals surface area contributed by atoms with Crippen molar-refractivity contribution < 1.29 is 5.11 Å². The van der Waals surface area contributed by atoms with Gasteiger partial charge in [-0.05, 0) is 30.9 Å². The van der Waals surface area contributed by atoms with E-state index in [2.05, 4.69) is 38.1 Å². The van der Waals surface area contributed by atoms with Crippen LogP contribution in [-0.4, -0.2) is 17.4 Å². The molecule has 0 bridgehead atoms. The van der Waals surface area contributed by atoms with Crippen molar-refractivity contribution in [3.05, 3.63) is 64.7 Å². The fraction of sp³-hybridized carbons (Fsp3) is 0.435. The molecule has 1 N–H and O–H groups in total. The Hall–Kier alpha value is -2.09. The van der Waals surface area contributed by atoms with Crippen LogP contribution in [-0.2, 0) is 5.41 Å². The third-order valence-corrected chi connectivity index (χ3v) is 5.59. The summed E-state index contributed by atoms with van der Waals surface area (Å²) in [5, 5.41) is 11.0. The Bertz CT molecular complexity index is 740. The SMILES string of the molecule is Cc1ccc(C(C)(C)c2ccccc2)c(O)c1C=NC1CCCCC1. The highest BCUT2D eigenvalue weighted by Gasteiger charge is 2.27. The van der Waals surface area contributed by atoms with Gasteiger partial charge in [-0.1, -0.05) is 75.6 Å². The number of aromatic hydroxyl groups is 1. The fourth-order valence-electron chi connectivity index (χ4n) is 3.80. The topological polar surface area (TPSA) is 32.6 Å². The maximum atomic E-state index is 11.0.